The largest absolute Gasteiger partial charge is 0.464 e. The fourth-order valence-corrected chi connectivity index (χ4v) is 0.556. The summed E-state index contributed by atoms with van der Waals surface area (Å²) in [6.45, 7) is 6.81. The van der Waals surface area contributed by atoms with Gasteiger partial charge >= 0.3 is 5.97 Å². The predicted molar refractivity (Wildman–Crippen MR) is 40.9 cm³/mol. The summed E-state index contributed by atoms with van der Waals surface area (Å²) >= 11 is 0. The molecule has 0 aliphatic heterocycles. The Bertz CT molecular complexity index is 145. The molecule has 64 valence electrons. The van der Waals surface area contributed by atoms with Crippen LogP contribution >= 0.6 is 0 Å². The highest BCUT2D eigenvalue weighted by atomic mass is 19.1. The van der Waals surface area contributed by atoms with Crippen LogP contribution in [0.4, 0.5) is 4.39 Å². The standard InChI is InChI=1S/C8H13FO2/c1-4-6(3)7(9)8(10)11-5-2/h4,6-7H,1,5H2,2-3H3. The van der Waals surface area contributed by atoms with Crippen molar-refractivity contribution in [2.45, 2.75) is 20.0 Å². The smallest absolute Gasteiger partial charge is 0.341 e. The Labute approximate surface area is 66.0 Å². The van der Waals surface area contributed by atoms with Gasteiger partial charge < -0.3 is 4.74 Å². The zero-order valence-electron chi connectivity index (χ0n) is 6.84. The van der Waals surface area contributed by atoms with E-state index in [4.69, 9.17) is 0 Å². The van der Waals surface area contributed by atoms with Crippen LogP contribution in [0.3, 0.4) is 0 Å². The van der Waals surface area contributed by atoms with Crippen molar-refractivity contribution in [3.8, 4) is 0 Å². The van der Waals surface area contributed by atoms with E-state index in [0.717, 1.165) is 0 Å². The van der Waals surface area contributed by atoms with E-state index >= 15 is 0 Å². The van der Waals surface area contributed by atoms with Gasteiger partial charge in [0.05, 0.1) is 6.61 Å². The number of rotatable bonds is 4. The number of esters is 1. The molecule has 0 saturated heterocycles. The molecule has 0 fully saturated rings. The zero-order valence-corrected chi connectivity index (χ0v) is 6.84. The third-order valence-corrected chi connectivity index (χ3v) is 1.35. The second-order valence-corrected chi connectivity index (χ2v) is 2.25. The van der Waals surface area contributed by atoms with Gasteiger partial charge in [-0.25, -0.2) is 9.18 Å². The molecule has 2 atom stereocenters. The average Bonchev–Trinajstić information content (AvgIpc) is 2.02. The lowest BCUT2D eigenvalue weighted by Crippen LogP contribution is -2.24. The van der Waals surface area contributed by atoms with Crippen LogP contribution in [0.25, 0.3) is 0 Å². The van der Waals surface area contributed by atoms with E-state index in [1.165, 1.54) is 6.08 Å². The van der Waals surface area contributed by atoms with Gasteiger partial charge in [-0.2, -0.15) is 0 Å². The molecule has 0 aromatic rings. The summed E-state index contributed by atoms with van der Waals surface area (Å²) in [5.41, 5.74) is 0. The van der Waals surface area contributed by atoms with Crippen molar-refractivity contribution in [1.29, 1.82) is 0 Å². The fraction of sp³-hybridized carbons (Fsp3) is 0.625. The van der Waals surface area contributed by atoms with Crippen LogP contribution in [-0.2, 0) is 9.53 Å². The van der Waals surface area contributed by atoms with E-state index in [1.54, 1.807) is 13.8 Å². The first-order valence-corrected chi connectivity index (χ1v) is 3.56. The number of carbonyl (C=O) groups excluding carboxylic acids is 1. The Hall–Kier alpha value is -0.860. The molecule has 0 rings (SSSR count). The molecule has 11 heavy (non-hydrogen) atoms. The van der Waals surface area contributed by atoms with Gasteiger partial charge in [-0.05, 0) is 6.92 Å². The lowest BCUT2D eigenvalue weighted by Gasteiger charge is -2.10. The zero-order chi connectivity index (χ0) is 8.85. The lowest BCUT2D eigenvalue weighted by molar-refractivity contribution is -0.150. The molecule has 0 bridgehead atoms. The van der Waals surface area contributed by atoms with Crippen LogP contribution < -0.4 is 0 Å². The number of hydrogen-bond donors (Lipinski definition) is 0. The number of ether oxygens (including phenoxy) is 1. The summed E-state index contributed by atoms with van der Waals surface area (Å²) in [5, 5.41) is 0. The summed E-state index contributed by atoms with van der Waals surface area (Å²) in [6, 6.07) is 0. The first-order valence-electron chi connectivity index (χ1n) is 3.56. The highest BCUT2D eigenvalue weighted by molar-refractivity contribution is 5.75. The first-order chi connectivity index (χ1) is 5.13. The minimum Gasteiger partial charge on any atom is -0.464 e. The van der Waals surface area contributed by atoms with Crippen LogP contribution in [0.15, 0.2) is 12.7 Å². The van der Waals surface area contributed by atoms with Gasteiger partial charge in [0, 0.05) is 5.92 Å². The molecule has 0 N–H and O–H groups in total. The number of halogens is 1. The van der Waals surface area contributed by atoms with E-state index < -0.39 is 18.1 Å². The molecule has 0 aliphatic carbocycles. The molecule has 0 heterocycles. The maximum Gasteiger partial charge on any atom is 0.341 e. The maximum absolute atomic E-state index is 12.8. The fourth-order valence-electron chi connectivity index (χ4n) is 0.556. The van der Waals surface area contributed by atoms with Gasteiger partial charge in [0.1, 0.15) is 0 Å². The van der Waals surface area contributed by atoms with Gasteiger partial charge in [-0.15, -0.1) is 6.58 Å². The Kier molecular flexibility index (Phi) is 4.50. The normalized spacial score (nSPS) is 15.2. The van der Waals surface area contributed by atoms with E-state index in [0.29, 0.717) is 0 Å². The van der Waals surface area contributed by atoms with Crippen LogP contribution in [0.5, 0.6) is 0 Å². The summed E-state index contributed by atoms with van der Waals surface area (Å²) in [6.07, 6.45) is -0.186. The predicted octanol–water partition coefficient (Wildman–Crippen LogP) is 1.71. The van der Waals surface area contributed by atoms with Crippen molar-refractivity contribution < 1.29 is 13.9 Å². The molecule has 0 amide bonds. The third kappa shape index (κ3) is 3.16. The van der Waals surface area contributed by atoms with Gasteiger partial charge in [0.15, 0.2) is 0 Å². The highest BCUT2D eigenvalue weighted by Gasteiger charge is 2.23. The molecule has 0 aromatic carbocycles. The Morgan fingerprint density at radius 2 is 2.36 bits per heavy atom. The van der Waals surface area contributed by atoms with E-state index in [9.17, 15) is 9.18 Å². The monoisotopic (exact) mass is 160 g/mol. The highest BCUT2D eigenvalue weighted by Crippen LogP contribution is 2.09. The molecule has 0 saturated carbocycles. The quantitative estimate of drug-likeness (QED) is 0.462. The Balaban J connectivity index is 3.90. The van der Waals surface area contributed by atoms with Gasteiger partial charge in [0.25, 0.3) is 0 Å². The molecular formula is C8H13FO2. The van der Waals surface area contributed by atoms with E-state index in [1.807, 2.05) is 0 Å². The number of hydrogen-bond acceptors (Lipinski definition) is 2. The molecular weight excluding hydrogens is 147 g/mol. The molecule has 2 unspecified atom stereocenters. The topological polar surface area (TPSA) is 26.3 Å². The van der Waals surface area contributed by atoms with Gasteiger partial charge in [0.2, 0.25) is 6.17 Å². The van der Waals surface area contributed by atoms with Crippen molar-refractivity contribution in [3.63, 3.8) is 0 Å². The summed E-state index contributed by atoms with van der Waals surface area (Å²) in [7, 11) is 0. The van der Waals surface area contributed by atoms with Crippen molar-refractivity contribution >= 4 is 5.97 Å². The molecule has 2 nitrogen and oxygen atoms in total. The third-order valence-electron chi connectivity index (χ3n) is 1.35. The number of carbonyl (C=O) groups is 1. The number of alkyl halides is 1. The Morgan fingerprint density at radius 3 is 2.73 bits per heavy atom. The summed E-state index contributed by atoms with van der Waals surface area (Å²) in [4.78, 5) is 10.7. The first kappa shape index (κ1) is 10.1. The molecule has 0 spiro atoms. The molecule has 3 heteroatoms. The van der Waals surface area contributed by atoms with Crippen LogP contribution in [0.2, 0.25) is 0 Å². The summed E-state index contributed by atoms with van der Waals surface area (Å²) < 4.78 is 17.3. The van der Waals surface area contributed by atoms with E-state index in [2.05, 4.69) is 11.3 Å². The number of allylic oxidation sites excluding steroid dienone is 1. The SMILES string of the molecule is C=CC(C)C(F)C(=O)OCC. The minimum absolute atomic E-state index is 0.211. The van der Waals surface area contributed by atoms with Crippen LogP contribution in [-0.4, -0.2) is 18.7 Å². The van der Waals surface area contributed by atoms with Crippen LogP contribution in [0, 0.1) is 5.92 Å². The van der Waals surface area contributed by atoms with Crippen molar-refractivity contribution in [2.24, 2.45) is 5.92 Å². The molecule has 0 aliphatic rings. The molecule has 0 radical (unpaired) electrons. The van der Waals surface area contributed by atoms with Gasteiger partial charge in [-0.1, -0.05) is 13.0 Å². The second kappa shape index (κ2) is 4.88. The van der Waals surface area contributed by atoms with E-state index in [-0.39, 0.29) is 6.61 Å². The van der Waals surface area contributed by atoms with Gasteiger partial charge in [-0.3, -0.25) is 0 Å². The minimum atomic E-state index is -1.58. The summed E-state index contributed by atoms with van der Waals surface area (Å²) in [5.74, 6) is -1.28. The molecule has 0 aromatic heterocycles. The van der Waals surface area contributed by atoms with Crippen LogP contribution in [0.1, 0.15) is 13.8 Å². The Morgan fingerprint density at radius 1 is 1.82 bits per heavy atom. The van der Waals surface area contributed by atoms with Crippen molar-refractivity contribution in [2.75, 3.05) is 6.61 Å². The van der Waals surface area contributed by atoms with Crippen molar-refractivity contribution in [3.05, 3.63) is 12.7 Å². The lowest BCUT2D eigenvalue weighted by atomic mass is 10.1. The second-order valence-electron chi connectivity index (χ2n) is 2.25. The van der Waals surface area contributed by atoms with Crippen molar-refractivity contribution in [1.82, 2.24) is 0 Å². The average molecular weight is 160 g/mol. The maximum atomic E-state index is 12.8.